The highest BCUT2D eigenvalue weighted by Gasteiger charge is 2.23. The first-order chi connectivity index (χ1) is 9.97. The number of alkyl halides is 1. The average molecular weight is 376 g/mol. The van der Waals surface area contributed by atoms with E-state index in [0.29, 0.717) is 22.3 Å². The molecule has 1 fully saturated rings. The highest BCUT2D eigenvalue weighted by atomic mass is 79.9. The van der Waals surface area contributed by atoms with Crippen LogP contribution < -0.4 is 5.32 Å². The third-order valence-corrected chi connectivity index (χ3v) is 4.74. The van der Waals surface area contributed by atoms with Crippen LogP contribution in [0.1, 0.15) is 36.0 Å². The molecule has 5 nitrogen and oxygen atoms in total. The summed E-state index contributed by atoms with van der Waals surface area (Å²) in [7, 11) is 0. The Kier molecular flexibility index (Phi) is 5.58. The number of nitro benzene ring substituents is 1. The molecular weight excluding hydrogens is 360 g/mol. The molecule has 1 saturated carbocycles. The fourth-order valence-corrected chi connectivity index (χ4v) is 3.62. The highest BCUT2D eigenvalue weighted by Crippen LogP contribution is 2.28. The van der Waals surface area contributed by atoms with E-state index < -0.39 is 10.8 Å². The van der Waals surface area contributed by atoms with Crippen LogP contribution in [0, 0.1) is 16.0 Å². The number of nitrogens with zero attached hydrogens (tertiary/aromatic N) is 1. The Bertz CT molecular complexity index is 553. The van der Waals surface area contributed by atoms with Gasteiger partial charge < -0.3 is 5.32 Å². The number of benzene rings is 1. The van der Waals surface area contributed by atoms with Crippen molar-refractivity contribution in [2.45, 2.75) is 30.5 Å². The lowest BCUT2D eigenvalue weighted by molar-refractivity contribution is -0.385. The minimum Gasteiger partial charge on any atom is -0.352 e. The second kappa shape index (κ2) is 7.22. The molecule has 1 aliphatic carbocycles. The van der Waals surface area contributed by atoms with Crippen LogP contribution in [0.15, 0.2) is 18.2 Å². The van der Waals surface area contributed by atoms with Gasteiger partial charge in [0.1, 0.15) is 5.56 Å². The van der Waals surface area contributed by atoms with Gasteiger partial charge in [-0.3, -0.25) is 14.9 Å². The van der Waals surface area contributed by atoms with E-state index in [1.54, 1.807) is 0 Å². The summed E-state index contributed by atoms with van der Waals surface area (Å²) in [6.07, 6.45) is 4.37. The van der Waals surface area contributed by atoms with Crippen molar-refractivity contribution < 1.29 is 9.72 Å². The molecule has 0 saturated heterocycles. The van der Waals surface area contributed by atoms with Crippen LogP contribution in [0.4, 0.5) is 5.69 Å². The summed E-state index contributed by atoms with van der Waals surface area (Å²) in [6, 6.07) is 4.00. The minimum atomic E-state index is -0.569. The molecule has 2 atom stereocenters. The van der Waals surface area contributed by atoms with Crippen molar-refractivity contribution >= 4 is 39.1 Å². The second-order valence-corrected chi connectivity index (χ2v) is 6.99. The van der Waals surface area contributed by atoms with Crippen LogP contribution in [0.5, 0.6) is 0 Å². The van der Waals surface area contributed by atoms with E-state index in [1.165, 1.54) is 18.2 Å². The molecule has 2 unspecified atom stereocenters. The van der Waals surface area contributed by atoms with Gasteiger partial charge in [-0.1, -0.05) is 34.0 Å². The number of carbonyl (C=O) groups excluding carboxylic acids is 1. The van der Waals surface area contributed by atoms with Crippen molar-refractivity contribution in [3.63, 3.8) is 0 Å². The molecule has 114 valence electrons. The second-order valence-electron chi connectivity index (χ2n) is 5.26. The number of nitrogens with one attached hydrogen (secondary N) is 1. The Balaban J connectivity index is 2.03. The van der Waals surface area contributed by atoms with E-state index in [0.717, 1.165) is 25.7 Å². The average Bonchev–Trinajstić information content (AvgIpc) is 2.44. The first-order valence-electron chi connectivity index (χ1n) is 6.83. The van der Waals surface area contributed by atoms with E-state index >= 15 is 0 Å². The molecule has 0 radical (unpaired) electrons. The lowest BCUT2D eigenvalue weighted by Crippen LogP contribution is -2.32. The third-order valence-electron chi connectivity index (χ3n) is 3.67. The van der Waals surface area contributed by atoms with Crippen LogP contribution in [-0.2, 0) is 0 Å². The zero-order valence-corrected chi connectivity index (χ0v) is 13.7. The van der Waals surface area contributed by atoms with Crippen molar-refractivity contribution in [3.05, 3.63) is 38.9 Å². The molecule has 0 bridgehead atoms. The van der Waals surface area contributed by atoms with Gasteiger partial charge in [0.25, 0.3) is 11.6 Å². The predicted molar refractivity (Wildman–Crippen MR) is 85.1 cm³/mol. The maximum atomic E-state index is 12.2. The first-order valence-corrected chi connectivity index (χ1v) is 8.13. The number of rotatable bonds is 4. The van der Waals surface area contributed by atoms with Gasteiger partial charge in [-0.2, -0.15) is 0 Å². The monoisotopic (exact) mass is 374 g/mol. The summed E-state index contributed by atoms with van der Waals surface area (Å²) < 4.78 is 0. The molecule has 0 aliphatic heterocycles. The van der Waals surface area contributed by atoms with Crippen LogP contribution in [0.2, 0.25) is 5.02 Å². The quantitative estimate of drug-likeness (QED) is 0.492. The Labute approximate surface area is 136 Å². The number of hydrogen-bond acceptors (Lipinski definition) is 3. The van der Waals surface area contributed by atoms with E-state index in [1.807, 2.05) is 0 Å². The van der Waals surface area contributed by atoms with Crippen molar-refractivity contribution in [3.8, 4) is 0 Å². The van der Waals surface area contributed by atoms with Gasteiger partial charge in [0.15, 0.2) is 0 Å². The van der Waals surface area contributed by atoms with Crippen molar-refractivity contribution in [2.75, 3.05) is 6.54 Å². The van der Waals surface area contributed by atoms with Crippen LogP contribution in [0.3, 0.4) is 0 Å². The van der Waals surface area contributed by atoms with Gasteiger partial charge >= 0.3 is 0 Å². The first kappa shape index (κ1) is 16.2. The van der Waals surface area contributed by atoms with Gasteiger partial charge in [-0.05, 0) is 37.3 Å². The molecule has 0 heterocycles. The normalized spacial score (nSPS) is 21.8. The summed E-state index contributed by atoms with van der Waals surface area (Å²) >= 11 is 9.43. The van der Waals surface area contributed by atoms with E-state index in [-0.39, 0.29) is 11.3 Å². The molecule has 0 aromatic heterocycles. The van der Waals surface area contributed by atoms with Gasteiger partial charge in [-0.25, -0.2) is 0 Å². The summed E-state index contributed by atoms with van der Waals surface area (Å²) in [5.41, 5.74) is -0.211. The SMILES string of the molecule is O=C(NCC1CCCC(Br)C1)c1cc(Cl)ccc1[N+](=O)[O-]. The number of carbonyl (C=O) groups is 1. The molecular formula is C14H16BrClN2O3. The van der Waals surface area contributed by atoms with Crippen LogP contribution in [-0.4, -0.2) is 22.2 Å². The van der Waals surface area contributed by atoms with Gasteiger partial charge in [0.05, 0.1) is 4.92 Å². The minimum absolute atomic E-state index is 0.0127. The summed E-state index contributed by atoms with van der Waals surface area (Å²) in [5, 5.41) is 14.1. The Morgan fingerprint density at radius 1 is 1.48 bits per heavy atom. The molecule has 1 aromatic carbocycles. The number of halogens is 2. The Morgan fingerprint density at radius 3 is 2.90 bits per heavy atom. The van der Waals surface area contributed by atoms with Crippen LogP contribution >= 0.6 is 27.5 Å². The third kappa shape index (κ3) is 4.41. The van der Waals surface area contributed by atoms with E-state index in [4.69, 9.17) is 11.6 Å². The predicted octanol–water partition coefficient (Wildman–Crippen LogP) is 3.93. The fraction of sp³-hybridized carbons (Fsp3) is 0.500. The summed E-state index contributed by atoms with van der Waals surface area (Å²) in [4.78, 5) is 23.0. The fourth-order valence-electron chi connectivity index (χ4n) is 2.59. The molecule has 0 spiro atoms. The standard InChI is InChI=1S/C14H16BrClN2O3/c15-10-3-1-2-9(6-10)8-17-14(19)12-7-11(16)4-5-13(12)18(20)21/h4-5,7,9-10H,1-3,6,8H2,(H,17,19). The zero-order chi connectivity index (χ0) is 15.4. The van der Waals surface area contributed by atoms with Gasteiger partial charge in [-0.15, -0.1) is 0 Å². The van der Waals surface area contributed by atoms with E-state index in [9.17, 15) is 14.9 Å². The molecule has 1 aliphatic rings. The maximum Gasteiger partial charge on any atom is 0.282 e. The van der Waals surface area contributed by atoms with Gasteiger partial charge in [0.2, 0.25) is 0 Å². The van der Waals surface area contributed by atoms with Crippen molar-refractivity contribution in [2.24, 2.45) is 5.92 Å². The molecule has 21 heavy (non-hydrogen) atoms. The largest absolute Gasteiger partial charge is 0.352 e. The number of hydrogen-bond donors (Lipinski definition) is 1. The van der Waals surface area contributed by atoms with E-state index in [2.05, 4.69) is 21.2 Å². The zero-order valence-electron chi connectivity index (χ0n) is 11.4. The lowest BCUT2D eigenvalue weighted by atomic mass is 9.89. The molecule has 7 heteroatoms. The summed E-state index contributed by atoms with van der Waals surface area (Å²) in [6.45, 7) is 0.532. The highest BCUT2D eigenvalue weighted by molar-refractivity contribution is 9.09. The molecule has 1 N–H and O–H groups in total. The van der Waals surface area contributed by atoms with Gasteiger partial charge in [0, 0.05) is 22.5 Å². The topological polar surface area (TPSA) is 72.2 Å². The lowest BCUT2D eigenvalue weighted by Gasteiger charge is -2.25. The maximum absolute atomic E-state index is 12.2. The number of nitro groups is 1. The van der Waals surface area contributed by atoms with Crippen molar-refractivity contribution in [1.82, 2.24) is 5.32 Å². The summed E-state index contributed by atoms with van der Waals surface area (Å²) in [5.74, 6) is -0.0359. The number of amides is 1. The molecule has 1 amide bonds. The Morgan fingerprint density at radius 2 is 2.24 bits per heavy atom. The molecule has 1 aromatic rings. The van der Waals surface area contributed by atoms with Crippen molar-refractivity contribution in [1.29, 1.82) is 0 Å². The Hall–Kier alpha value is -1.14. The molecule has 2 rings (SSSR count). The van der Waals surface area contributed by atoms with Crippen LogP contribution in [0.25, 0.3) is 0 Å². The smallest absolute Gasteiger partial charge is 0.282 e.